The van der Waals surface area contributed by atoms with E-state index in [2.05, 4.69) is 122 Å². The predicted octanol–water partition coefficient (Wildman–Crippen LogP) is 10.8. The molecule has 0 unspecified atom stereocenters. The molecule has 1 aliphatic carbocycles. The van der Waals surface area contributed by atoms with Crippen LogP contribution in [0.1, 0.15) is 120 Å². The van der Waals surface area contributed by atoms with Crippen LogP contribution in [-0.4, -0.2) is 22.5 Å². The van der Waals surface area contributed by atoms with Crippen molar-refractivity contribution in [3.63, 3.8) is 0 Å². The molecule has 0 N–H and O–H groups in total. The molecule has 5 nitrogen and oxygen atoms in total. The second kappa shape index (κ2) is 12.5. The Labute approximate surface area is 301 Å². The van der Waals surface area contributed by atoms with Crippen LogP contribution in [0.15, 0.2) is 65.8 Å². The monoisotopic (exact) mass is 820 g/mol. The number of fused-ring (bicyclic) bond motifs is 3. The predicted molar refractivity (Wildman–Crippen MR) is 191 cm³/mol. The van der Waals surface area contributed by atoms with E-state index in [1.165, 1.54) is 29.5 Å². The first kappa shape index (κ1) is 34.4. The molecule has 0 spiro atoms. The van der Waals surface area contributed by atoms with Crippen LogP contribution in [-0.2, 0) is 36.6 Å². The summed E-state index contributed by atoms with van der Waals surface area (Å²) in [6.07, 6.45) is 6.36. The number of aromatic nitrogens is 1. The van der Waals surface area contributed by atoms with Crippen molar-refractivity contribution in [2.75, 3.05) is 4.90 Å². The van der Waals surface area contributed by atoms with Gasteiger partial charge in [0.2, 0.25) is 0 Å². The minimum absolute atomic E-state index is 0. The van der Waals surface area contributed by atoms with Crippen molar-refractivity contribution in [3.05, 3.63) is 106 Å². The third kappa shape index (κ3) is 6.13. The largest absolute Gasteiger partial charge is 2.00 e. The Morgan fingerprint density at radius 2 is 1.73 bits per heavy atom. The van der Waals surface area contributed by atoms with Crippen LogP contribution in [0.2, 0.25) is 0 Å². The zero-order chi connectivity index (χ0) is 33.3. The minimum Gasteiger partial charge on any atom is -0.512 e. The number of hydrogen-bond donors (Lipinski definition) is 0. The Morgan fingerprint density at radius 1 is 0.958 bits per heavy atom. The van der Waals surface area contributed by atoms with Crippen LogP contribution >= 0.6 is 0 Å². The molecule has 2 aliphatic heterocycles. The molecule has 4 aromatic rings. The summed E-state index contributed by atoms with van der Waals surface area (Å²) in [6, 6.07) is 26.9. The Hall–Kier alpha value is -3.43. The molecule has 1 aromatic heterocycles. The molecular weight excluding hydrogens is 774 g/mol. The number of pyridine rings is 1. The summed E-state index contributed by atoms with van der Waals surface area (Å²) in [5, 5.41) is 0. The molecule has 2 atom stereocenters. The number of ether oxygens (including phenoxy) is 2. The molecule has 1 saturated carbocycles. The number of aryl methyl sites for hydroxylation is 1. The number of anilines is 3. The second-order valence-corrected chi connectivity index (χ2v) is 15.8. The van der Waals surface area contributed by atoms with Crippen LogP contribution in [0.3, 0.4) is 0 Å². The maximum atomic E-state index is 6.64. The molecule has 252 valence electrons. The van der Waals surface area contributed by atoms with E-state index in [-0.39, 0.29) is 43.5 Å². The second-order valence-electron chi connectivity index (χ2n) is 15.8. The molecule has 48 heavy (non-hydrogen) atoms. The van der Waals surface area contributed by atoms with Gasteiger partial charge in [0.1, 0.15) is 17.3 Å². The summed E-state index contributed by atoms with van der Waals surface area (Å²) in [4.78, 5) is 12.2. The quantitative estimate of drug-likeness (QED) is 0.188. The topological polar surface area (TPSA) is 47.0 Å². The van der Waals surface area contributed by atoms with Gasteiger partial charge in [0, 0.05) is 34.4 Å². The Kier molecular flexibility index (Phi) is 8.95. The first-order valence-corrected chi connectivity index (χ1v) is 17.2. The van der Waals surface area contributed by atoms with Gasteiger partial charge in [-0.05, 0) is 60.8 Å². The summed E-state index contributed by atoms with van der Waals surface area (Å²) in [5.74, 6) is 3.18. The Balaban J connectivity index is 0.00000401. The van der Waals surface area contributed by atoms with Crippen molar-refractivity contribution in [2.24, 2.45) is 4.99 Å². The zero-order valence-corrected chi connectivity index (χ0v) is 32.0. The maximum Gasteiger partial charge on any atom is 2.00 e. The summed E-state index contributed by atoms with van der Waals surface area (Å²) in [5.41, 5.74) is 8.45. The zero-order valence-electron chi connectivity index (χ0n) is 29.7. The summed E-state index contributed by atoms with van der Waals surface area (Å²) >= 11 is 0. The van der Waals surface area contributed by atoms with E-state index in [4.69, 9.17) is 19.5 Å². The fourth-order valence-electron chi connectivity index (χ4n) is 7.41. The molecule has 7 rings (SSSR count). The van der Waals surface area contributed by atoms with Crippen LogP contribution in [0.5, 0.6) is 11.5 Å². The van der Waals surface area contributed by atoms with Crippen molar-refractivity contribution in [1.82, 2.24) is 4.98 Å². The minimum atomic E-state index is -0.229. The van der Waals surface area contributed by atoms with Crippen molar-refractivity contribution >= 4 is 23.1 Å². The van der Waals surface area contributed by atoms with Crippen molar-refractivity contribution in [3.8, 4) is 11.5 Å². The smallest absolute Gasteiger partial charge is 0.512 e. The van der Waals surface area contributed by atoms with E-state index in [1.807, 2.05) is 18.3 Å². The fraction of sp³-hybridized carbons (Fsp3) is 0.429. The van der Waals surface area contributed by atoms with Crippen LogP contribution in [0.4, 0.5) is 17.2 Å². The van der Waals surface area contributed by atoms with E-state index < -0.39 is 0 Å². The van der Waals surface area contributed by atoms with Gasteiger partial charge in [-0.1, -0.05) is 103 Å². The summed E-state index contributed by atoms with van der Waals surface area (Å²) in [6.45, 7) is 20.1. The number of aliphatic imine (C=N–C) groups is 1. The standard InChI is InChI=1S/C42H47N3O2.Pt/c1-26(2)28-21-29(39-44-37-14-10-11-17-42(37,9)47-39)23-33(22-28)46-32-20-27(3)19-31(25-32)45-36-16-15-30(40(4,5)6)24-35(36)41(7,8)34-13-12-18-43-38(34)45;/h12-13,15-16,18-22,24,26,37H,10-11,14,17H2,1-9H3;/q-2;+2/t37-,42-;/m0./s1. The van der Waals surface area contributed by atoms with Crippen LogP contribution in [0.25, 0.3) is 0 Å². The number of hydrogen-bond acceptors (Lipinski definition) is 5. The molecule has 0 saturated heterocycles. The first-order valence-electron chi connectivity index (χ1n) is 17.2. The van der Waals surface area contributed by atoms with Crippen molar-refractivity contribution in [1.29, 1.82) is 0 Å². The van der Waals surface area contributed by atoms with E-state index in [1.54, 1.807) is 0 Å². The molecule has 3 aliphatic rings. The van der Waals surface area contributed by atoms with Gasteiger partial charge in [0.05, 0.1) is 6.04 Å². The van der Waals surface area contributed by atoms with Crippen LogP contribution in [0, 0.1) is 19.1 Å². The third-order valence-corrected chi connectivity index (χ3v) is 10.4. The maximum absolute atomic E-state index is 6.64. The van der Waals surface area contributed by atoms with Gasteiger partial charge in [0.25, 0.3) is 0 Å². The van der Waals surface area contributed by atoms with Crippen LogP contribution < -0.4 is 9.64 Å². The summed E-state index contributed by atoms with van der Waals surface area (Å²) in [7, 11) is 0. The SMILES string of the molecule is Cc1cc(Oc2[c-]c(C3=N[C@H]4CCCC[C@]4(C)O3)cc(C(C)C)c2)[c-]c(N2c3ccc(C(C)(C)C)cc3C(C)(C)c3cccnc32)c1.[Pt+2]. The average Bonchev–Trinajstić information content (AvgIpc) is 3.38. The number of rotatable bonds is 5. The molecule has 1 fully saturated rings. The third-order valence-electron chi connectivity index (χ3n) is 10.4. The fourth-order valence-corrected chi connectivity index (χ4v) is 7.41. The first-order chi connectivity index (χ1) is 22.2. The molecule has 0 amide bonds. The number of benzene rings is 3. The van der Waals surface area contributed by atoms with Gasteiger partial charge in [-0.15, -0.1) is 29.8 Å². The van der Waals surface area contributed by atoms with Gasteiger partial charge in [-0.3, -0.25) is 4.99 Å². The Morgan fingerprint density at radius 3 is 2.46 bits per heavy atom. The molecule has 6 heteroatoms. The number of nitrogens with zero attached hydrogens (tertiary/aromatic N) is 3. The van der Waals surface area contributed by atoms with Gasteiger partial charge in [0.15, 0.2) is 0 Å². The molecule has 0 radical (unpaired) electrons. The average molecular weight is 821 g/mol. The molecule has 0 bridgehead atoms. The van der Waals surface area contributed by atoms with Gasteiger partial charge < -0.3 is 14.4 Å². The van der Waals surface area contributed by atoms with Crippen molar-refractivity contribution < 1.29 is 30.5 Å². The normalized spacial score (nSPS) is 21.0. The summed E-state index contributed by atoms with van der Waals surface area (Å²) < 4.78 is 13.2. The van der Waals surface area contributed by atoms with Crippen molar-refractivity contribution in [2.45, 2.75) is 116 Å². The Bertz CT molecular complexity index is 1890. The van der Waals surface area contributed by atoms with E-state index in [0.29, 0.717) is 23.3 Å². The molecular formula is C42H47N3O2Pt. The molecule has 3 heterocycles. The van der Waals surface area contributed by atoms with E-state index in [9.17, 15) is 0 Å². The van der Waals surface area contributed by atoms with E-state index >= 15 is 0 Å². The van der Waals surface area contributed by atoms with Gasteiger partial charge in [-0.2, -0.15) is 5.56 Å². The van der Waals surface area contributed by atoms with Gasteiger partial charge >= 0.3 is 21.1 Å². The van der Waals surface area contributed by atoms with Gasteiger partial charge in [-0.25, -0.2) is 4.98 Å². The molecule has 3 aromatic carbocycles. The van der Waals surface area contributed by atoms with E-state index in [0.717, 1.165) is 46.7 Å².